The van der Waals surface area contributed by atoms with Gasteiger partial charge in [-0.1, -0.05) is 11.6 Å². The smallest absolute Gasteiger partial charge is 0.315 e. The largest absolute Gasteiger partial charge is 0.375 e. The van der Waals surface area contributed by atoms with Crippen LogP contribution in [0.25, 0.3) is 0 Å². The lowest BCUT2D eigenvalue weighted by Crippen LogP contribution is -2.53. The number of ether oxygens (including phenoxy) is 1. The molecule has 2 fully saturated rings. The second-order valence-corrected chi connectivity index (χ2v) is 8.99. The SMILES string of the molecule is CC1(C)CC2(CO1)CC(NC(=O)NCCc1ccc(Cl)s1)C2. The molecule has 1 saturated heterocycles. The number of thiophene rings is 1. The Morgan fingerprint density at radius 1 is 1.45 bits per heavy atom. The summed E-state index contributed by atoms with van der Waals surface area (Å²) >= 11 is 7.45. The van der Waals surface area contributed by atoms with Gasteiger partial charge in [0.05, 0.1) is 16.5 Å². The Morgan fingerprint density at radius 3 is 2.82 bits per heavy atom. The minimum Gasteiger partial charge on any atom is -0.375 e. The molecule has 1 saturated carbocycles. The molecule has 1 aliphatic heterocycles. The van der Waals surface area contributed by atoms with E-state index in [1.807, 2.05) is 12.1 Å². The van der Waals surface area contributed by atoms with Crippen LogP contribution in [0.5, 0.6) is 0 Å². The van der Waals surface area contributed by atoms with E-state index in [1.54, 1.807) is 11.3 Å². The fourth-order valence-corrected chi connectivity index (χ4v) is 4.81. The average molecular weight is 343 g/mol. The summed E-state index contributed by atoms with van der Waals surface area (Å²) in [5.74, 6) is 0. The second-order valence-electron chi connectivity index (χ2n) is 7.19. The lowest BCUT2D eigenvalue weighted by Gasteiger charge is -2.44. The molecule has 2 heterocycles. The van der Waals surface area contributed by atoms with Crippen LogP contribution in [-0.2, 0) is 11.2 Å². The quantitative estimate of drug-likeness (QED) is 0.878. The van der Waals surface area contributed by atoms with Crippen molar-refractivity contribution in [1.82, 2.24) is 10.6 Å². The molecule has 3 rings (SSSR count). The van der Waals surface area contributed by atoms with E-state index in [4.69, 9.17) is 16.3 Å². The van der Waals surface area contributed by atoms with E-state index < -0.39 is 0 Å². The zero-order chi connectivity index (χ0) is 15.8. The van der Waals surface area contributed by atoms with Crippen LogP contribution in [0, 0.1) is 5.41 Å². The van der Waals surface area contributed by atoms with Crippen LogP contribution in [0.4, 0.5) is 4.79 Å². The number of halogens is 1. The molecule has 1 aromatic rings. The highest BCUT2D eigenvalue weighted by Crippen LogP contribution is 2.52. The van der Waals surface area contributed by atoms with Gasteiger partial charge in [0.25, 0.3) is 0 Å². The van der Waals surface area contributed by atoms with E-state index >= 15 is 0 Å². The van der Waals surface area contributed by atoms with Crippen LogP contribution < -0.4 is 10.6 Å². The van der Waals surface area contributed by atoms with Crippen molar-refractivity contribution >= 4 is 29.0 Å². The van der Waals surface area contributed by atoms with Gasteiger partial charge in [0.2, 0.25) is 0 Å². The molecular formula is C16H23ClN2O2S. The molecule has 0 aromatic carbocycles. The molecule has 6 heteroatoms. The summed E-state index contributed by atoms with van der Waals surface area (Å²) in [7, 11) is 0. The number of carbonyl (C=O) groups is 1. The van der Waals surface area contributed by atoms with Crippen molar-refractivity contribution in [1.29, 1.82) is 0 Å². The van der Waals surface area contributed by atoms with Crippen LogP contribution in [-0.4, -0.2) is 30.8 Å². The highest BCUT2D eigenvalue weighted by molar-refractivity contribution is 7.16. The summed E-state index contributed by atoms with van der Waals surface area (Å²) in [6.07, 6.45) is 3.98. The minimum absolute atomic E-state index is 0.00475. The first-order valence-corrected chi connectivity index (χ1v) is 8.98. The fourth-order valence-electron chi connectivity index (χ4n) is 3.73. The summed E-state index contributed by atoms with van der Waals surface area (Å²) in [5.41, 5.74) is 0.296. The Labute approximate surface area is 140 Å². The van der Waals surface area contributed by atoms with Crippen molar-refractivity contribution in [3.8, 4) is 0 Å². The predicted molar refractivity (Wildman–Crippen MR) is 89.7 cm³/mol. The van der Waals surface area contributed by atoms with Crippen LogP contribution in [0.1, 0.15) is 38.0 Å². The van der Waals surface area contributed by atoms with Crippen molar-refractivity contribution in [3.63, 3.8) is 0 Å². The molecule has 122 valence electrons. The first-order valence-electron chi connectivity index (χ1n) is 7.78. The van der Waals surface area contributed by atoms with Gasteiger partial charge in [-0.2, -0.15) is 0 Å². The van der Waals surface area contributed by atoms with E-state index in [0.29, 0.717) is 12.0 Å². The van der Waals surface area contributed by atoms with E-state index in [-0.39, 0.29) is 17.7 Å². The van der Waals surface area contributed by atoms with Crippen molar-refractivity contribution in [2.75, 3.05) is 13.2 Å². The molecule has 2 N–H and O–H groups in total. The van der Waals surface area contributed by atoms with Crippen molar-refractivity contribution in [3.05, 3.63) is 21.3 Å². The molecule has 22 heavy (non-hydrogen) atoms. The normalized spacial score (nSPS) is 29.3. The molecule has 2 amide bonds. The number of hydrogen-bond donors (Lipinski definition) is 2. The van der Waals surface area contributed by atoms with E-state index in [2.05, 4.69) is 24.5 Å². The molecule has 2 aliphatic rings. The second kappa shape index (κ2) is 6.02. The maximum Gasteiger partial charge on any atom is 0.315 e. The molecule has 0 bridgehead atoms. The van der Waals surface area contributed by atoms with Crippen molar-refractivity contribution in [2.24, 2.45) is 5.41 Å². The Balaban J connectivity index is 1.34. The third-order valence-corrected chi connectivity index (χ3v) is 5.84. The Bertz CT molecular complexity index is 552. The molecule has 1 spiro atoms. The standard InChI is InChI=1S/C16H23ClN2O2S/c1-15(2)9-16(10-21-15)7-11(8-16)19-14(20)18-6-5-12-3-4-13(17)22-12/h3-4,11H,5-10H2,1-2H3,(H2,18,19,20). The van der Waals surface area contributed by atoms with Gasteiger partial charge in [-0.25, -0.2) is 4.79 Å². The molecule has 1 aliphatic carbocycles. The number of rotatable bonds is 4. The van der Waals surface area contributed by atoms with E-state index in [0.717, 1.165) is 36.6 Å². The Kier molecular flexibility index (Phi) is 4.40. The van der Waals surface area contributed by atoms with Gasteiger partial charge in [0.15, 0.2) is 0 Å². The van der Waals surface area contributed by atoms with Gasteiger partial charge in [0.1, 0.15) is 0 Å². The first-order chi connectivity index (χ1) is 10.4. The fraction of sp³-hybridized carbons (Fsp3) is 0.688. The number of hydrogen-bond acceptors (Lipinski definition) is 3. The molecule has 1 aromatic heterocycles. The molecule has 0 unspecified atom stereocenters. The zero-order valence-corrected chi connectivity index (χ0v) is 14.6. The maximum atomic E-state index is 11.9. The maximum absolute atomic E-state index is 11.9. The van der Waals surface area contributed by atoms with E-state index in [9.17, 15) is 4.79 Å². The van der Waals surface area contributed by atoms with Crippen molar-refractivity contribution < 1.29 is 9.53 Å². The molecular weight excluding hydrogens is 320 g/mol. The monoisotopic (exact) mass is 342 g/mol. The summed E-state index contributed by atoms with van der Waals surface area (Å²) < 4.78 is 6.62. The van der Waals surface area contributed by atoms with Gasteiger partial charge in [0, 0.05) is 22.9 Å². The summed E-state index contributed by atoms with van der Waals surface area (Å²) in [6, 6.07) is 4.11. The van der Waals surface area contributed by atoms with Crippen LogP contribution in [0.15, 0.2) is 12.1 Å². The molecule has 0 atom stereocenters. The highest BCUT2D eigenvalue weighted by Gasteiger charge is 2.52. The third kappa shape index (κ3) is 3.76. The van der Waals surface area contributed by atoms with Gasteiger partial charge in [-0.15, -0.1) is 11.3 Å². The van der Waals surface area contributed by atoms with Gasteiger partial charge >= 0.3 is 6.03 Å². The van der Waals surface area contributed by atoms with Crippen LogP contribution >= 0.6 is 22.9 Å². The highest BCUT2D eigenvalue weighted by atomic mass is 35.5. The van der Waals surface area contributed by atoms with Crippen molar-refractivity contribution in [2.45, 2.75) is 51.2 Å². The van der Waals surface area contributed by atoms with Gasteiger partial charge in [-0.05, 0) is 51.7 Å². The Hall–Kier alpha value is -0.780. The van der Waals surface area contributed by atoms with Gasteiger partial charge < -0.3 is 15.4 Å². The predicted octanol–water partition coefficient (Wildman–Crippen LogP) is 3.59. The van der Waals surface area contributed by atoms with Crippen LogP contribution in [0.2, 0.25) is 4.34 Å². The zero-order valence-electron chi connectivity index (χ0n) is 13.1. The minimum atomic E-state index is -0.0688. The summed E-state index contributed by atoms with van der Waals surface area (Å²) in [5, 5.41) is 5.98. The number of urea groups is 1. The number of nitrogens with one attached hydrogen (secondary N) is 2. The Morgan fingerprint density at radius 2 is 2.23 bits per heavy atom. The number of carbonyl (C=O) groups excluding carboxylic acids is 1. The van der Waals surface area contributed by atoms with Gasteiger partial charge in [-0.3, -0.25) is 0 Å². The number of amides is 2. The third-order valence-electron chi connectivity index (χ3n) is 4.55. The molecule has 4 nitrogen and oxygen atoms in total. The van der Waals surface area contributed by atoms with E-state index in [1.165, 1.54) is 4.88 Å². The summed E-state index contributed by atoms with van der Waals surface area (Å²) in [4.78, 5) is 13.1. The topological polar surface area (TPSA) is 50.4 Å². The lowest BCUT2D eigenvalue weighted by molar-refractivity contribution is 0.0188. The molecule has 0 radical (unpaired) electrons. The van der Waals surface area contributed by atoms with Crippen LogP contribution in [0.3, 0.4) is 0 Å². The average Bonchev–Trinajstić information content (AvgIpc) is 2.93. The summed E-state index contributed by atoms with van der Waals surface area (Å²) in [6.45, 7) is 5.76. The lowest BCUT2D eigenvalue weighted by atomic mass is 9.63. The first kappa shape index (κ1) is 16.1.